The molecule has 1 aromatic carbocycles. The van der Waals surface area contributed by atoms with E-state index in [-0.39, 0.29) is 11.8 Å². The van der Waals surface area contributed by atoms with E-state index < -0.39 is 11.9 Å². The van der Waals surface area contributed by atoms with Crippen LogP contribution in [0, 0.1) is 5.92 Å². The van der Waals surface area contributed by atoms with Crippen LogP contribution in [0.5, 0.6) is 5.75 Å². The number of hydrogen-bond donors (Lipinski definition) is 1. The summed E-state index contributed by atoms with van der Waals surface area (Å²) in [5.74, 6) is -0.798. The number of hydrogen-bond acceptors (Lipinski definition) is 3. The van der Waals surface area contributed by atoms with E-state index in [2.05, 4.69) is 0 Å². The summed E-state index contributed by atoms with van der Waals surface area (Å²) in [6.07, 6.45) is 1.40. The molecule has 3 rings (SSSR count). The number of ether oxygens (including phenoxy) is 1. The molecule has 0 radical (unpaired) electrons. The highest BCUT2D eigenvalue weighted by atomic mass is 16.5. The van der Waals surface area contributed by atoms with Crippen LogP contribution in [0.2, 0.25) is 0 Å². The minimum atomic E-state index is -0.814. The van der Waals surface area contributed by atoms with Gasteiger partial charge < -0.3 is 14.7 Å². The van der Waals surface area contributed by atoms with Gasteiger partial charge in [-0.25, -0.2) is 0 Å². The van der Waals surface area contributed by atoms with Crippen LogP contribution in [-0.4, -0.2) is 41.6 Å². The molecular formula is C15H17NO4. The van der Waals surface area contributed by atoms with E-state index >= 15 is 0 Å². The highest BCUT2D eigenvalue weighted by Gasteiger charge is 2.36. The number of carboxylic acids is 1. The Morgan fingerprint density at radius 3 is 2.90 bits per heavy atom. The van der Waals surface area contributed by atoms with Crippen LogP contribution in [0.15, 0.2) is 24.3 Å². The molecule has 2 heterocycles. The molecule has 20 heavy (non-hydrogen) atoms. The third-order valence-electron chi connectivity index (χ3n) is 4.08. The molecule has 1 saturated heterocycles. The summed E-state index contributed by atoms with van der Waals surface area (Å²) < 4.78 is 5.53. The third kappa shape index (κ3) is 2.24. The van der Waals surface area contributed by atoms with Gasteiger partial charge in [0, 0.05) is 18.7 Å². The number of aliphatic carboxylic acids is 1. The highest BCUT2D eigenvalue weighted by Crippen LogP contribution is 2.35. The van der Waals surface area contributed by atoms with Crippen molar-refractivity contribution < 1.29 is 19.4 Å². The lowest BCUT2D eigenvalue weighted by Crippen LogP contribution is -2.44. The van der Waals surface area contributed by atoms with Crippen molar-refractivity contribution in [1.82, 2.24) is 4.90 Å². The van der Waals surface area contributed by atoms with Gasteiger partial charge in [-0.15, -0.1) is 0 Å². The standard InChI is InChI=1S/C15H17NO4/c17-14(16-7-3-4-10(8-16)15(18)19)12-9-20-13-6-2-1-5-11(12)13/h1-2,5-6,10,12H,3-4,7-9H2,(H,18,19)/t10-,12+/m1/s1. The zero-order valence-corrected chi connectivity index (χ0v) is 11.1. The van der Waals surface area contributed by atoms with Crippen molar-refractivity contribution in [3.63, 3.8) is 0 Å². The predicted molar refractivity (Wildman–Crippen MR) is 71.6 cm³/mol. The summed E-state index contributed by atoms with van der Waals surface area (Å²) in [6.45, 7) is 1.31. The van der Waals surface area contributed by atoms with Gasteiger partial charge in [0.15, 0.2) is 0 Å². The van der Waals surface area contributed by atoms with Gasteiger partial charge in [-0.05, 0) is 18.9 Å². The number of benzene rings is 1. The molecule has 5 heteroatoms. The Labute approximate surface area is 117 Å². The lowest BCUT2D eigenvalue weighted by atomic mass is 9.94. The zero-order chi connectivity index (χ0) is 14.1. The minimum absolute atomic E-state index is 0.0131. The molecular weight excluding hydrogens is 258 g/mol. The molecule has 0 aliphatic carbocycles. The SMILES string of the molecule is O=C(O)[C@@H]1CCCN(C(=O)[C@H]2COc3ccccc32)C1. The molecule has 1 aromatic rings. The molecule has 0 unspecified atom stereocenters. The van der Waals surface area contributed by atoms with E-state index in [1.807, 2.05) is 24.3 Å². The summed E-state index contributed by atoms with van der Waals surface area (Å²) >= 11 is 0. The number of rotatable bonds is 2. The molecule has 0 spiro atoms. The largest absolute Gasteiger partial charge is 0.492 e. The first-order valence-electron chi connectivity index (χ1n) is 6.90. The van der Waals surface area contributed by atoms with Gasteiger partial charge in [-0.2, -0.15) is 0 Å². The maximum absolute atomic E-state index is 12.6. The maximum atomic E-state index is 12.6. The average Bonchev–Trinajstić information content (AvgIpc) is 2.90. The summed E-state index contributed by atoms with van der Waals surface area (Å²) in [5.41, 5.74) is 0.912. The lowest BCUT2D eigenvalue weighted by molar-refractivity contribution is -0.146. The fraction of sp³-hybridized carbons (Fsp3) is 0.467. The van der Waals surface area contributed by atoms with Gasteiger partial charge in [0.05, 0.1) is 5.92 Å². The number of likely N-dealkylation sites (tertiary alicyclic amines) is 1. The van der Waals surface area contributed by atoms with E-state index in [1.54, 1.807) is 4.90 Å². The molecule has 1 fully saturated rings. The Bertz CT molecular complexity index is 542. The second-order valence-corrected chi connectivity index (χ2v) is 5.36. The number of amides is 1. The first-order chi connectivity index (χ1) is 9.66. The Hall–Kier alpha value is -2.04. The van der Waals surface area contributed by atoms with E-state index in [4.69, 9.17) is 9.84 Å². The molecule has 5 nitrogen and oxygen atoms in total. The van der Waals surface area contributed by atoms with E-state index in [1.165, 1.54) is 0 Å². The minimum Gasteiger partial charge on any atom is -0.492 e. The van der Waals surface area contributed by atoms with Gasteiger partial charge >= 0.3 is 5.97 Å². The zero-order valence-electron chi connectivity index (χ0n) is 11.1. The summed E-state index contributed by atoms with van der Waals surface area (Å²) in [6, 6.07) is 7.54. The van der Waals surface area contributed by atoms with Gasteiger partial charge in [-0.3, -0.25) is 9.59 Å². The Morgan fingerprint density at radius 1 is 1.30 bits per heavy atom. The van der Waals surface area contributed by atoms with E-state index in [0.717, 1.165) is 17.7 Å². The number of carbonyl (C=O) groups is 2. The number of piperidine rings is 1. The van der Waals surface area contributed by atoms with Gasteiger partial charge in [0.2, 0.25) is 5.91 Å². The van der Waals surface area contributed by atoms with Crippen LogP contribution in [-0.2, 0) is 9.59 Å². The number of para-hydroxylation sites is 1. The van der Waals surface area contributed by atoms with Crippen molar-refractivity contribution in [3.8, 4) is 5.75 Å². The lowest BCUT2D eigenvalue weighted by Gasteiger charge is -2.32. The fourth-order valence-corrected chi connectivity index (χ4v) is 2.97. The normalized spacial score (nSPS) is 24.9. The number of fused-ring (bicyclic) bond motifs is 1. The van der Waals surface area contributed by atoms with Gasteiger partial charge in [0.25, 0.3) is 0 Å². The summed E-state index contributed by atoms with van der Waals surface area (Å²) in [5, 5.41) is 9.10. The Kier molecular flexibility index (Phi) is 3.34. The number of carbonyl (C=O) groups excluding carboxylic acids is 1. The topological polar surface area (TPSA) is 66.8 Å². The Balaban J connectivity index is 1.75. The fourth-order valence-electron chi connectivity index (χ4n) is 2.97. The first-order valence-corrected chi connectivity index (χ1v) is 6.90. The third-order valence-corrected chi connectivity index (χ3v) is 4.08. The predicted octanol–water partition coefficient (Wildman–Crippen LogP) is 1.49. The average molecular weight is 275 g/mol. The Morgan fingerprint density at radius 2 is 2.10 bits per heavy atom. The molecule has 2 aliphatic rings. The van der Waals surface area contributed by atoms with Crippen LogP contribution in [0.1, 0.15) is 24.3 Å². The summed E-state index contributed by atoms with van der Waals surface area (Å²) in [7, 11) is 0. The van der Waals surface area contributed by atoms with Crippen molar-refractivity contribution in [3.05, 3.63) is 29.8 Å². The molecule has 2 aliphatic heterocycles. The van der Waals surface area contributed by atoms with Crippen LogP contribution < -0.4 is 4.74 Å². The second kappa shape index (κ2) is 5.15. The maximum Gasteiger partial charge on any atom is 0.308 e. The number of nitrogens with zero attached hydrogens (tertiary/aromatic N) is 1. The van der Waals surface area contributed by atoms with Crippen molar-refractivity contribution in [2.24, 2.45) is 5.92 Å². The molecule has 1 amide bonds. The molecule has 0 bridgehead atoms. The first kappa shape index (κ1) is 13.0. The second-order valence-electron chi connectivity index (χ2n) is 5.36. The molecule has 1 N–H and O–H groups in total. The van der Waals surface area contributed by atoms with Crippen molar-refractivity contribution in [2.45, 2.75) is 18.8 Å². The summed E-state index contributed by atoms with van der Waals surface area (Å²) in [4.78, 5) is 25.3. The smallest absolute Gasteiger partial charge is 0.308 e. The highest BCUT2D eigenvalue weighted by molar-refractivity contribution is 5.86. The number of carboxylic acid groups (broad SMARTS) is 1. The van der Waals surface area contributed by atoms with Crippen LogP contribution >= 0.6 is 0 Å². The van der Waals surface area contributed by atoms with E-state index in [9.17, 15) is 9.59 Å². The van der Waals surface area contributed by atoms with Crippen LogP contribution in [0.3, 0.4) is 0 Å². The quantitative estimate of drug-likeness (QED) is 0.888. The molecule has 0 saturated carbocycles. The van der Waals surface area contributed by atoms with Crippen LogP contribution in [0.4, 0.5) is 0 Å². The van der Waals surface area contributed by atoms with Crippen molar-refractivity contribution in [1.29, 1.82) is 0 Å². The van der Waals surface area contributed by atoms with Gasteiger partial charge in [0.1, 0.15) is 18.3 Å². The van der Waals surface area contributed by atoms with E-state index in [0.29, 0.717) is 26.1 Å². The van der Waals surface area contributed by atoms with Crippen LogP contribution in [0.25, 0.3) is 0 Å². The monoisotopic (exact) mass is 275 g/mol. The van der Waals surface area contributed by atoms with Crippen molar-refractivity contribution in [2.75, 3.05) is 19.7 Å². The molecule has 0 aromatic heterocycles. The van der Waals surface area contributed by atoms with Crippen molar-refractivity contribution >= 4 is 11.9 Å². The molecule has 106 valence electrons. The molecule has 2 atom stereocenters. The van der Waals surface area contributed by atoms with Gasteiger partial charge in [-0.1, -0.05) is 18.2 Å².